The van der Waals surface area contributed by atoms with Crippen molar-refractivity contribution in [3.8, 4) is 6.07 Å². The molecule has 20 heavy (non-hydrogen) atoms. The monoisotopic (exact) mass is 273 g/mol. The summed E-state index contributed by atoms with van der Waals surface area (Å²) in [5.74, 6) is -0.0594. The third-order valence-electron chi connectivity index (χ3n) is 3.73. The van der Waals surface area contributed by atoms with E-state index in [9.17, 15) is 10.1 Å². The second-order valence-corrected chi connectivity index (χ2v) is 5.21. The maximum atomic E-state index is 10.8. The molecule has 5 heteroatoms. The van der Waals surface area contributed by atoms with Gasteiger partial charge < -0.3 is 10.0 Å². The van der Waals surface area contributed by atoms with Gasteiger partial charge in [0.2, 0.25) is 0 Å². The Morgan fingerprint density at radius 1 is 1.55 bits per heavy atom. The van der Waals surface area contributed by atoms with Crippen LogP contribution in [0, 0.1) is 18.3 Å². The molecule has 0 bridgehead atoms. The SMILES string of the molecule is Cc1ccc(C#N)c(N2CCCCC2CCC(=O)O)n1. The van der Waals surface area contributed by atoms with Crippen molar-refractivity contribution >= 4 is 11.8 Å². The van der Waals surface area contributed by atoms with Crippen molar-refractivity contribution in [2.24, 2.45) is 0 Å². The van der Waals surface area contributed by atoms with E-state index in [-0.39, 0.29) is 12.5 Å². The van der Waals surface area contributed by atoms with Gasteiger partial charge in [-0.15, -0.1) is 0 Å². The van der Waals surface area contributed by atoms with E-state index in [1.165, 1.54) is 0 Å². The number of aryl methyl sites for hydroxylation is 1. The van der Waals surface area contributed by atoms with Crippen LogP contribution in [0.25, 0.3) is 0 Å². The first kappa shape index (κ1) is 14.3. The average molecular weight is 273 g/mol. The van der Waals surface area contributed by atoms with E-state index in [0.717, 1.165) is 31.5 Å². The molecule has 1 aliphatic heterocycles. The summed E-state index contributed by atoms with van der Waals surface area (Å²) < 4.78 is 0. The van der Waals surface area contributed by atoms with Crippen LogP contribution in [0.5, 0.6) is 0 Å². The summed E-state index contributed by atoms with van der Waals surface area (Å²) >= 11 is 0. The van der Waals surface area contributed by atoms with Crippen LogP contribution in [0.15, 0.2) is 12.1 Å². The Hall–Kier alpha value is -2.09. The van der Waals surface area contributed by atoms with E-state index in [0.29, 0.717) is 17.8 Å². The Morgan fingerprint density at radius 2 is 2.35 bits per heavy atom. The molecule has 106 valence electrons. The predicted octanol–water partition coefficient (Wildman–Crippen LogP) is 2.49. The number of hydrogen-bond donors (Lipinski definition) is 1. The van der Waals surface area contributed by atoms with Crippen LogP contribution in [0.3, 0.4) is 0 Å². The second-order valence-electron chi connectivity index (χ2n) is 5.21. The van der Waals surface area contributed by atoms with Gasteiger partial charge in [0.15, 0.2) is 0 Å². The van der Waals surface area contributed by atoms with Gasteiger partial charge in [-0.1, -0.05) is 0 Å². The molecule has 2 rings (SSSR count). The summed E-state index contributed by atoms with van der Waals surface area (Å²) in [5.41, 5.74) is 1.44. The van der Waals surface area contributed by atoms with Crippen molar-refractivity contribution in [1.82, 2.24) is 4.98 Å². The molecule has 0 radical (unpaired) electrons. The number of anilines is 1. The quantitative estimate of drug-likeness (QED) is 0.912. The van der Waals surface area contributed by atoms with Crippen LogP contribution in [-0.4, -0.2) is 28.6 Å². The molecule has 0 spiro atoms. The molecular formula is C15H19N3O2. The first-order valence-corrected chi connectivity index (χ1v) is 6.98. The highest BCUT2D eigenvalue weighted by Gasteiger charge is 2.26. The fourth-order valence-corrected chi connectivity index (χ4v) is 2.72. The number of rotatable bonds is 4. The van der Waals surface area contributed by atoms with Crippen LogP contribution in [0.1, 0.15) is 43.4 Å². The Kier molecular flexibility index (Phi) is 4.57. The number of carboxylic acid groups (broad SMARTS) is 1. The molecule has 1 N–H and O–H groups in total. The number of hydrogen-bond acceptors (Lipinski definition) is 4. The van der Waals surface area contributed by atoms with Crippen LogP contribution < -0.4 is 4.90 Å². The minimum absolute atomic E-state index is 0.162. The molecule has 2 heterocycles. The zero-order valence-corrected chi connectivity index (χ0v) is 11.7. The summed E-state index contributed by atoms with van der Waals surface area (Å²) in [6.45, 7) is 2.75. The molecule has 0 saturated carbocycles. The summed E-state index contributed by atoms with van der Waals surface area (Å²) in [6.07, 6.45) is 3.90. The molecule has 1 aliphatic rings. The highest BCUT2D eigenvalue weighted by molar-refractivity contribution is 5.67. The number of piperidine rings is 1. The minimum atomic E-state index is -0.770. The minimum Gasteiger partial charge on any atom is -0.481 e. The van der Waals surface area contributed by atoms with Gasteiger partial charge >= 0.3 is 5.97 Å². The number of aromatic nitrogens is 1. The van der Waals surface area contributed by atoms with E-state index < -0.39 is 5.97 Å². The number of pyridine rings is 1. The van der Waals surface area contributed by atoms with E-state index in [1.54, 1.807) is 6.07 Å². The summed E-state index contributed by atoms with van der Waals surface area (Å²) in [6, 6.07) is 5.98. The van der Waals surface area contributed by atoms with Gasteiger partial charge in [-0.3, -0.25) is 4.79 Å². The highest BCUT2D eigenvalue weighted by atomic mass is 16.4. The zero-order chi connectivity index (χ0) is 14.5. The molecule has 0 amide bonds. The van der Waals surface area contributed by atoms with Gasteiger partial charge in [-0.2, -0.15) is 5.26 Å². The van der Waals surface area contributed by atoms with Crippen molar-refractivity contribution in [2.75, 3.05) is 11.4 Å². The molecule has 1 aromatic rings. The van der Waals surface area contributed by atoms with Crippen LogP contribution >= 0.6 is 0 Å². The second kappa shape index (κ2) is 6.38. The van der Waals surface area contributed by atoms with Crippen LogP contribution in [-0.2, 0) is 4.79 Å². The first-order chi connectivity index (χ1) is 9.61. The van der Waals surface area contributed by atoms with Crippen molar-refractivity contribution in [3.05, 3.63) is 23.4 Å². The molecule has 1 unspecified atom stereocenters. The molecule has 0 aromatic carbocycles. The molecule has 1 saturated heterocycles. The average Bonchev–Trinajstić information content (AvgIpc) is 2.45. The summed E-state index contributed by atoms with van der Waals surface area (Å²) in [5, 5.41) is 18.1. The van der Waals surface area contributed by atoms with Crippen molar-refractivity contribution in [3.63, 3.8) is 0 Å². The lowest BCUT2D eigenvalue weighted by Gasteiger charge is -2.37. The highest BCUT2D eigenvalue weighted by Crippen LogP contribution is 2.28. The molecule has 0 aliphatic carbocycles. The maximum absolute atomic E-state index is 10.8. The van der Waals surface area contributed by atoms with Gasteiger partial charge in [0.1, 0.15) is 11.9 Å². The zero-order valence-electron chi connectivity index (χ0n) is 11.7. The summed E-state index contributed by atoms with van der Waals surface area (Å²) in [7, 11) is 0. The van der Waals surface area contributed by atoms with E-state index in [2.05, 4.69) is 16.0 Å². The fraction of sp³-hybridized carbons (Fsp3) is 0.533. The van der Waals surface area contributed by atoms with Crippen molar-refractivity contribution in [1.29, 1.82) is 5.26 Å². The van der Waals surface area contributed by atoms with Crippen molar-refractivity contribution in [2.45, 2.75) is 45.1 Å². The maximum Gasteiger partial charge on any atom is 0.303 e. The van der Waals surface area contributed by atoms with Gasteiger partial charge in [-0.25, -0.2) is 4.98 Å². The van der Waals surface area contributed by atoms with Gasteiger partial charge in [0.05, 0.1) is 5.56 Å². The standard InChI is InChI=1S/C15H19N3O2/c1-11-5-6-12(10-16)15(17-11)18-9-3-2-4-13(18)7-8-14(19)20/h5-6,13H,2-4,7-9H2,1H3,(H,19,20). The molecule has 1 aromatic heterocycles. The molecule has 5 nitrogen and oxygen atoms in total. The summed E-state index contributed by atoms with van der Waals surface area (Å²) in [4.78, 5) is 17.4. The Morgan fingerprint density at radius 3 is 3.05 bits per heavy atom. The van der Waals surface area contributed by atoms with Gasteiger partial charge in [0, 0.05) is 24.7 Å². The number of aliphatic carboxylic acids is 1. The number of carboxylic acids is 1. The van der Waals surface area contributed by atoms with Crippen LogP contribution in [0.2, 0.25) is 0 Å². The molecule has 1 atom stereocenters. The third-order valence-corrected chi connectivity index (χ3v) is 3.73. The van der Waals surface area contributed by atoms with Gasteiger partial charge in [0.25, 0.3) is 0 Å². The van der Waals surface area contributed by atoms with E-state index >= 15 is 0 Å². The smallest absolute Gasteiger partial charge is 0.303 e. The largest absolute Gasteiger partial charge is 0.481 e. The predicted molar refractivity (Wildman–Crippen MR) is 75.5 cm³/mol. The Bertz CT molecular complexity index is 536. The number of nitriles is 1. The number of carbonyl (C=O) groups is 1. The fourth-order valence-electron chi connectivity index (χ4n) is 2.72. The van der Waals surface area contributed by atoms with E-state index in [1.807, 2.05) is 13.0 Å². The third kappa shape index (κ3) is 3.27. The Labute approximate surface area is 118 Å². The molecular weight excluding hydrogens is 254 g/mol. The number of nitrogens with zero attached hydrogens (tertiary/aromatic N) is 3. The first-order valence-electron chi connectivity index (χ1n) is 6.98. The van der Waals surface area contributed by atoms with Crippen LogP contribution in [0.4, 0.5) is 5.82 Å². The van der Waals surface area contributed by atoms with Crippen molar-refractivity contribution < 1.29 is 9.90 Å². The topological polar surface area (TPSA) is 77.2 Å². The molecule has 1 fully saturated rings. The Balaban J connectivity index is 2.25. The van der Waals surface area contributed by atoms with E-state index in [4.69, 9.17) is 5.11 Å². The van der Waals surface area contributed by atoms with Gasteiger partial charge in [-0.05, 0) is 44.7 Å². The lowest BCUT2D eigenvalue weighted by atomic mass is 9.97. The lowest BCUT2D eigenvalue weighted by molar-refractivity contribution is -0.137. The normalized spacial score (nSPS) is 18.6. The lowest BCUT2D eigenvalue weighted by Crippen LogP contribution is -2.41.